The van der Waals surface area contributed by atoms with Gasteiger partial charge in [-0.3, -0.25) is 14.4 Å². The molecule has 206 valence electrons. The van der Waals surface area contributed by atoms with E-state index in [-0.39, 0.29) is 24.5 Å². The highest BCUT2D eigenvalue weighted by molar-refractivity contribution is 5.89. The molecule has 0 N–H and O–H groups in total. The van der Waals surface area contributed by atoms with Gasteiger partial charge in [0.2, 0.25) is 6.10 Å². The lowest BCUT2D eigenvalue weighted by atomic mass is 9.41. The Morgan fingerprint density at radius 2 is 1.89 bits per heavy atom. The Morgan fingerprint density at radius 3 is 2.50 bits per heavy atom. The maximum absolute atomic E-state index is 13.7. The lowest BCUT2D eigenvalue weighted by Crippen LogP contribution is -2.74. The van der Waals surface area contributed by atoms with E-state index < -0.39 is 64.0 Å². The third kappa shape index (κ3) is 3.33. The number of hydrogen-bond donors (Lipinski definition) is 0. The number of esters is 3. The van der Waals surface area contributed by atoms with E-state index in [1.165, 1.54) is 14.0 Å². The van der Waals surface area contributed by atoms with Crippen molar-refractivity contribution >= 4 is 23.7 Å². The molecule has 0 aromatic carbocycles. The van der Waals surface area contributed by atoms with Gasteiger partial charge in [-0.25, -0.2) is 4.79 Å². The summed E-state index contributed by atoms with van der Waals surface area (Å²) in [6.07, 6.45) is 1.93. The zero-order valence-corrected chi connectivity index (χ0v) is 22.8. The van der Waals surface area contributed by atoms with E-state index in [0.717, 1.165) is 11.1 Å². The number of cyclic esters (lactones) is 1. The summed E-state index contributed by atoms with van der Waals surface area (Å²) in [4.78, 5) is 52.0. The summed E-state index contributed by atoms with van der Waals surface area (Å²) in [5, 5.41) is 0. The van der Waals surface area contributed by atoms with Gasteiger partial charge in [0.1, 0.15) is 17.5 Å². The van der Waals surface area contributed by atoms with Gasteiger partial charge in [-0.05, 0) is 30.4 Å². The van der Waals surface area contributed by atoms with Gasteiger partial charge in [0.15, 0.2) is 0 Å². The lowest BCUT2D eigenvalue weighted by molar-refractivity contribution is -0.303. The van der Waals surface area contributed by atoms with Crippen molar-refractivity contribution < 1.29 is 42.5 Å². The standard InChI is InChI=1S/C29H36O9/c1-15-18-8-10-27(5)24(17-9-11-35-14-17)37-21(32)13-29(15,27)38-20-12-19(31)26(3,4)23(28(18,20)6)22(25(33)34-7)36-16(2)30/h9,11,14,18,20,22-24H,1,8,10,12-13H2,2-7H3/t18-,20-,22+,23-,24+,27+,28+,29+/m0/s1. The van der Waals surface area contributed by atoms with Gasteiger partial charge in [0, 0.05) is 41.1 Å². The number of fused-ring (bicyclic) bond motifs is 3. The summed E-state index contributed by atoms with van der Waals surface area (Å²) in [6.45, 7) is 13.4. The molecule has 1 spiro atoms. The second-order valence-electron chi connectivity index (χ2n) is 12.3. The molecule has 0 unspecified atom stereocenters. The Morgan fingerprint density at radius 1 is 1.18 bits per heavy atom. The maximum Gasteiger partial charge on any atom is 0.347 e. The molecule has 2 aliphatic carbocycles. The molecular weight excluding hydrogens is 492 g/mol. The van der Waals surface area contributed by atoms with E-state index in [1.807, 2.05) is 13.8 Å². The van der Waals surface area contributed by atoms with Gasteiger partial charge in [0.05, 0.1) is 32.2 Å². The molecule has 9 heteroatoms. The fraction of sp³-hybridized carbons (Fsp3) is 0.655. The zero-order chi connectivity index (χ0) is 27.8. The molecule has 38 heavy (non-hydrogen) atoms. The van der Waals surface area contributed by atoms with Gasteiger partial charge in [-0.2, -0.15) is 0 Å². The van der Waals surface area contributed by atoms with Crippen molar-refractivity contribution in [2.45, 2.75) is 84.2 Å². The van der Waals surface area contributed by atoms with Crippen molar-refractivity contribution in [3.63, 3.8) is 0 Å². The quantitative estimate of drug-likeness (QED) is 0.323. The van der Waals surface area contributed by atoms with Crippen LogP contribution in [-0.4, -0.2) is 48.6 Å². The Balaban J connectivity index is 1.66. The molecule has 3 heterocycles. The molecule has 4 aliphatic rings. The van der Waals surface area contributed by atoms with Crippen LogP contribution in [-0.2, 0) is 38.1 Å². The maximum atomic E-state index is 13.7. The average molecular weight is 529 g/mol. The van der Waals surface area contributed by atoms with Crippen molar-refractivity contribution in [2.75, 3.05) is 7.11 Å². The van der Waals surface area contributed by atoms with E-state index in [2.05, 4.69) is 6.58 Å². The van der Waals surface area contributed by atoms with E-state index in [0.29, 0.717) is 12.8 Å². The van der Waals surface area contributed by atoms with E-state index >= 15 is 0 Å². The smallest absolute Gasteiger partial charge is 0.347 e. The molecule has 0 radical (unpaired) electrons. The van der Waals surface area contributed by atoms with Crippen molar-refractivity contribution in [3.05, 3.63) is 36.3 Å². The first kappa shape index (κ1) is 26.7. The number of rotatable bonds is 4. The predicted octanol–water partition coefficient (Wildman–Crippen LogP) is 4.10. The van der Waals surface area contributed by atoms with Crippen LogP contribution in [0.1, 0.15) is 72.0 Å². The van der Waals surface area contributed by atoms with E-state index in [9.17, 15) is 19.2 Å². The second-order valence-corrected chi connectivity index (χ2v) is 12.3. The summed E-state index contributed by atoms with van der Waals surface area (Å²) in [5.41, 5.74) is -2.10. The van der Waals surface area contributed by atoms with Gasteiger partial charge in [-0.15, -0.1) is 0 Å². The van der Waals surface area contributed by atoms with Crippen LogP contribution in [0.15, 0.2) is 35.2 Å². The first-order valence-corrected chi connectivity index (χ1v) is 13.1. The Bertz CT molecular complexity index is 1200. The Hall–Kier alpha value is -2.94. The third-order valence-electron chi connectivity index (χ3n) is 10.2. The van der Waals surface area contributed by atoms with Gasteiger partial charge in [-0.1, -0.05) is 34.3 Å². The lowest BCUT2D eigenvalue weighted by Gasteiger charge is -2.70. The summed E-state index contributed by atoms with van der Waals surface area (Å²) in [7, 11) is 1.23. The highest BCUT2D eigenvalue weighted by Crippen LogP contribution is 2.71. The molecule has 1 aromatic heterocycles. The molecule has 5 rings (SSSR count). The van der Waals surface area contributed by atoms with Crippen molar-refractivity contribution in [1.82, 2.24) is 0 Å². The molecule has 4 fully saturated rings. The van der Waals surface area contributed by atoms with Crippen LogP contribution < -0.4 is 0 Å². The van der Waals surface area contributed by atoms with Crippen LogP contribution in [0.5, 0.6) is 0 Å². The highest BCUT2D eigenvalue weighted by atomic mass is 16.6. The molecule has 2 saturated heterocycles. The molecule has 9 nitrogen and oxygen atoms in total. The second kappa shape index (κ2) is 8.53. The van der Waals surface area contributed by atoms with Crippen LogP contribution >= 0.6 is 0 Å². The monoisotopic (exact) mass is 528 g/mol. The van der Waals surface area contributed by atoms with E-state index in [4.69, 9.17) is 23.4 Å². The fourth-order valence-corrected chi connectivity index (χ4v) is 8.34. The number of furan rings is 1. The Kier molecular flexibility index (Phi) is 5.98. The number of Topliss-reactive ketones (excluding diaryl/α,β-unsaturated/α-hetero) is 1. The summed E-state index contributed by atoms with van der Waals surface area (Å²) in [6, 6.07) is 1.78. The SMILES string of the molecule is C=C1[C@@H]2CC[C@]3(C)[C@@H](c4ccoc4)OC(=O)C[C@@]13O[C@H]1CC(=O)C(C)(C)[C@H]([C@@H](OC(C)=O)C(=O)OC)[C@@]12C. The number of hydrogen-bond acceptors (Lipinski definition) is 9. The van der Waals surface area contributed by atoms with Crippen molar-refractivity contribution in [2.24, 2.45) is 28.1 Å². The molecule has 2 aliphatic heterocycles. The minimum atomic E-state index is -1.31. The van der Waals surface area contributed by atoms with Crippen LogP contribution in [0, 0.1) is 28.1 Å². The van der Waals surface area contributed by atoms with Crippen LogP contribution in [0.4, 0.5) is 0 Å². The number of ether oxygens (including phenoxy) is 4. The molecule has 2 bridgehead atoms. The highest BCUT2D eigenvalue weighted by Gasteiger charge is 2.74. The predicted molar refractivity (Wildman–Crippen MR) is 132 cm³/mol. The normalized spacial score (nSPS) is 40.3. The number of methoxy groups -OCH3 is 1. The molecule has 8 atom stereocenters. The first-order valence-electron chi connectivity index (χ1n) is 13.1. The number of carbonyl (C=O) groups is 4. The average Bonchev–Trinajstić information content (AvgIpc) is 3.36. The van der Waals surface area contributed by atoms with Crippen LogP contribution in [0.2, 0.25) is 0 Å². The number of ketones is 1. The van der Waals surface area contributed by atoms with Crippen molar-refractivity contribution in [1.29, 1.82) is 0 Å². The fourth-order valence-electron chi connectivity index (χ4n) is 8.34. The minimum Gasteiger partial charge on any atom is -0.472 e. The largest absolute Gasteiger partial charge is 0.472 e. The van der Waals surface area contributed by atoms with Gasteiger partial charge >= 0.3 is 17.9 Å². The van der Waals surface area contributed by atoms with Crippen molar-refractivity contribution in [3.8, 4) is 0 Å². The molecule has 1 aromatic rings. The van der Waals surface area contributed by atoms with Gasteiger partial charge in [0.25, 0.3) is 0 Å². The van der Waals surface area contributed by atoms with Crippen LogP contribution in [0.3, 0.4) is 0 Å². The number of carbonyl (C=O) groups excluding carboxylic acids is 4. The van der Waals surface area contributed by atoms with Gasteiger partial charge < -0.3 is 23.4 Å². The summed E-state index contributed by atoms with van der Waals surface area (Å²) in [5.74, 6) is -2.85. The molecular formula is C29H36O9. The van der Waals surface area contributed by atoms with E-state index in [1.54, 1.807) is 32.4 Å². The topological polar surface area (TPSA) is 118 Å². The molecule has 0 amide bonds. The molecule has 2 saturated carbocycles. The minimum absolute atomic E-state index is 0.0214. The zero-order valence-electron chi connectivity index (χ0n) is 22.8. The van der Waals surface area contributed by atoms with Crippen LogP contribution in [0.25, 0.3) is 0 Å². The summed E-state index contributed by atoms with van der Waals surface area (Å²) < 4.78 is 28.8. The third-order valence-corrected chi connectivity index (χ3v) is 10.2. The first-order chi connectivity index (χ1) is 17.7. The Labute approximate surface area is 222 Å². The summed E-state index contributed by atoms with van der Waals surface area (Å²) >= 11 is 0.